The van der Waals surface area contributed by atoms with Crippen molar-refractivity contribution in [3.05, 3.63) is 29.8 Å². The molecule has 3 rings (SSSR count). The molecular formula is C20H32N4O2S. The summed E-state index contributed by atoms with van der Waals surface area (Å²) in [6, 6.07) is 7.05. The van der Waals surface area contributed by atoms with Crippen molar-refractivity contribution in [3.63, 3.8) is 0 Å². The maximum atomic E-state index is 12.6. The average molecular weight is 393 g/mol. The number of rotatable bonds is 5. The molecule has 27 heavy (non-hydrogen) atoms. The Hall–Kier alpha value is -1.60. The smallest absolute Gasteiger partial charge is 0.243 e. The summed E-state index contributed by atoms with van der Waals surface area (Å²) in [6.07, 6.45) is 5.33. The third-order valence-electron chi connectivity index (χ3n) is 6.14. The number of aliphatic imine (C=N–C) groups is 1. The molecule has 1 aromatic rings. The molecule has 0 radical (unpaired) electrons. The number of guanidine groups is 1. The van der Waals surface area contributed by atoms with E-state index >= 15 is 0 Å². The van der Waals surface area contributed by atoms with E-state index in [4.69, 9.17) is 0 Å². The standard InChI is InChI=1S/C20H32N4O2S/c1-16(2)23(4)27(25,26)18-8-6-17(7-9-18)14-22-19(21-3)24-13-12-20(15-24)10-5-11-20/h6-9,16H,5,10-15H2,1-4H3,(H,21,22). The zero-order chi connectivity index (χ0) is 19.7. The molecule has 0 atom stereocenters. The van der Waals surface area contributed by atoms with Crippen LogP contribution >= 0.6 is 0 Å². The summed E-state index contributed by atoms with van der Waals surface area (Å²) in [4.78, 5) is 7.13. The Labute approximate surface area is 163 Å². The van der Waals surface area contributed by atoms with Crippen LogP contribution in [0.3, 0.4) is 0 Å². The zero-order valence-electron chi connectivity index (χ0n) is 16.9. The highest BCUT2D eigenvalue weighted by atomic mass is 32.2. The highest BCUT2D eigenvalue weighted by Crippen LogP contribution is 2.47. The summed E-state index contributed by atoms with van der Waals surface area (Å²) in [5.74, 6) is 0.940. The van der Waals surface area contributed by atoms with Gasteiger partial charge in [0.05, 0.1) is 4.90 Å². The van der Waals surface area contributed by atoms with E-state index < -0.39 is 10.0 Å². The van der Waals surface area contributed by atoms with E-state index in [0.717, 1.165) is 24.6 Å². The molecule has 1 saturated carbocycles. The van der Waals surface area contributed by atoms with E-state index in [2.05, 4.69) is 15.2 Å². The molecule has 2 fully saturated rings. The average Bonchev–Trinajstić information content (AvgIpc) is 3.08. The molecule has 1 spiro atoms. The molecule has 0 amide bonds. The van der Waals surface area contributed by atoms with Crippen LogP contribution in [-0.4, -0.2) is 56.8 Å². The van der Waals surface area contributed by atoms with Gasteiger partial charge in [0.1, 0.15) is 0 Å². The van der Waals surface area contributed by atoms with Crippen LogP contribution in [0.15, 0.2) is 34.2 Å². The van der Waals surface area contributed by atoms with Crippen LogP contribution in [0.5, 0.6) is 0 Å². The van der Waals surface area contributed by atoms with Gasteiger partial charge < -0.3 is 10.2 Å². The summed E-state index contributed by atoms with van der Waals surface area (Å²) in [7, 11) is 0.00784. The monoisotopic (exact) mass is 392 g/mol. The Morgan fingerprint density at radius 1 is 1.26 bits per heavy atom. The Balaban J connectivity index is 1.60. The zero-order valence-corrected chi connectivity index (χ0v) is 17.7. The first kappa shape index (κ1) is 20.1. The molecule has 150 valence electrons. The van der Waals surface area contributed by atoms with E-state index in [1.165, 1.54) is 30.0 Å². The highest BCUT2D eigenvalue weighted by Gasteiger charge is 2.43. The summed E-state index contributed by atoms with van der Waals surface area (Å²) in [6.45, 7) is 6.54. The molecule has 1 heterocycles. The van der Waals surface area contributed by atoms with Crippen molar-refractivity contribution in [2.24, 2.45) is 10.4 Å². The van der Waals surface area contributed by atoms with Gasteiger partial charge in [-0.2, -0.15) is 4.31 Å². The molecule has 0 bridgehead atoms. The van der Waals surface area contributed by atoms with Gasteiger partial charge in [0.25, 0.3) is 0 Å². The minimum atomic E-state index is -3.43. The lowest BCUT2D eigenvalue weighted by atomic mass is 9.68. The van der Waals surface area contributed by atoms with Crippen molar-refractivity contribution in [2.45, 2.75) is 57.0 Å². The number of hydrogen-bond donors (Lipinski definition) is 1. The van der Waals surface area contributed by atoms with Crippen molar-refractivity contribution in [1.82, 2.24) is 14.5 Å². The lowest BCUT2D eigenvalue weighted by molar-refractivity contribution is 0.151. The Morgan fingerprint density at radius 2 is 1.93 bits per heavy atom. The van der Waals surface area contributed by atoms with E-state index in [9.17, 15) is 8.42 Å². The molecule has 2 aliphatic rings. The third-order valence-corrected chi connectivity index (χ3v) is 8.19. The van der Waals surface area contributed by atoms with Gasteiger partial charge in [-0.1, -0.05) is 18.6 Å². The van der Waals surface area contributed by atoms with Gasteiger partial charge in [0.2, 0.25) is 10.0 Å². The molecule has 0 unspecified atom stereocenters. The Bertz CT molecular complexity index is 783. The maximum Gasteiger partial charge on any atom is 0.243 e. The van der Waals surface area contributed by atoms with Crippen LogP contribution < -0.4 is 5.32 Å². The Morgan fingerprint density at radius 3 is 2.41 bits per heavy atom. The van der Waals surface area contributed by atoms with Crippen molar-refractivity contribution in [3.8, 4) is 0 Å². The minimum absolute atomic E-state index is 0.0703. The quantitative estimate of drug-likeness (QED) is 0.618. The SMILES string of the molecule is CN=C(NCc1ccc(S(=O)(=O)N(C)C(C)C)cc1)N1CCC2(CCC2)C1. The van der Waals surface area contributed by atoms with Gasteiger partial charge in [-0.15, -0.1) is 0 Å². The number of sulfonamides is 1. The highest BCUT2D eigenvalue weighted by molar-refractivity contribution is 7.89. The molecule has 1 aromatic carbocycles. The summed E-state index contributed by atoms with van der Waals surface area (Å²) in [5, 5.41) is 3.43. The van der Waals surface area contributed by atoms with Gasteiger partial charge in [0.15, 0.2) is 5.96 Å². The summed E-state index contributed by atoms with van der Waals surface area (Å²) < 4.78 is 26.5. The third kappa shape index (κ3) is 4.14. The molecule has 1 saturated heterocycles. The molecule has 1 aliphatic heterocycles. The van der Waals surface area contributed by atoms with Gasteiger partial charge >= 0.3 is 0 Å². The van der Waals surface area contributed by atoms with Crippen LogP contribution in [0.25, 0.3) is 0 Å². The van der Waals surface area contributed by atoms with E-state index in [1.54, 1.807) is 19.2 Å². The molecule has 0 aromatic heterocycles. The normalized spacial score (nSPS) is 19.8. The number of nitrogens with zero attached hydrogens (tertiary/aromatic N) is 3. The van der Waals surface area contributed by atoms with Gasteiger partial charge in [-0.3, -0.25) is 4.99 Å². The summed E-state index contributed by atoms with van der Waals surface area (Å²) in [5.41, 5.74) is 1.58. The largest absolute Gasteiger partial charge is 0.352 e. The van der Waals surface area contributed by atoms with E-state index in [1.807, 2.05) is 33.0 Å². The van der Waals surface area contributed by atoms with Crippen LogP contribution in [0.1, 0.15) is 45.1 Å². The maximum absolute atomic E-state index is 12.6. The van der Waals surface area contributed by atoms with Crippen molar-refractivity contribution in [1.29, 1.82) is 0 Å². The van der Waals surface area contributed by atoms with Gasteiger partial charge in [-0.05, 0) is 56.2 Å². The number of hydrogen-bond acceptors (Lipinski definition) is 3. The number of likely N-dealkylation sites (tertiary alicyclic amines) is 1. The second-order valence-electron chi connectivity index (χ2n) is 8.18. The van der Waals surface area contributed by atoms with Crippen LogP contribution in [-0.2, 0) is 16.6 Å². The van der Waals surface area contributed by atoms with Crippen LogP contribution in [0.4, 0.5) is 0 Å². The molecular weight excluding hydrogens is 360 g/mol. The first-order valence-electron chi connectivity index (χ1n) is 9.80. The minimum Gasteiger partial charge on any atom is -0.352 e. The molecule has 6 nitrogen and oxygen atoms in total. The predicted molar refractivity (Wildman–Crippen MR) is 109 cm³/mol. The van der Waals surface area contributed by atoms with Crippen molar-refractivity contribution < 1.29 is 8.42 Å². The second kappa shape index (κ2) is 7.80. The fraction of sp³-hybridized carbons (Fsp3) is 0.650. The van der Waals surface area contributed by atoms with E-state index in [-0.39, 0.29) is 6.04 Å². The van der Waals surface area contributed by atoms with Gasteiger partial charge in [0, 0.05) is 39.8 Å². The predicted octanol–water partition coefficient (Wildman–Crippen LogP) is 2.67. The molecule has 7 heteroatoms. The van der Waals surface area contributed by atoms with Crippen molar-refractivity contribution >= 4 is 16.0 Å². The lowest BCUT2D eigenvalue weighted by Crippen LogP contribution is -2.42. The summed E-state index contributed by atoms with van der Waals surface area (Å²) >= 11 is 0. The Kier molecular flexibility index (Phi) is 5.82. The lowest BCUT2D eigenvalue weighted by Gasteiger charge is -2.38. The van der Waals surface area contributed by atoms with Crippen LogP contribution in [0, 0.1) is 5.41 Å². The first-order valence-corrected chi connectivity index (χ1v) is 11.2. The molecule has 1 N–H and O–H groups in total. The second-order valence-corrected chi connectivity index (χ2v) is 10.2. The fourth-order valence-electron chi connectivity index (χ4n) is 3.94. The van der Waals surface area contributed by atoms with Gasteiger partial charge in [-0.25, -0.2) is 8.42 Å². The van der Waals surface area contributed by atoms with Crippen molar-refractivity contribution in [2.75, 3.05) is 27.2 Å². The first-order chi connectivity index (χ1) is 12.8. The number of benzene rings is 1. The number of nitrogens with one attached hydrogen (secondary N) is 1. The van der Waals surface area contributed by atoms with Crippen LogP contribution in [0.2, 0.25) is 0 Å². The topological polar surface area (TPSA) is 65.0 Å². The molecule has 1 aliphatic carbocycles. The fourth-order valence-corrected chi connectivity index (χ4v) is 5.30. The van der Waals surface area contributed by atoms with E-state index in [0.29, 0.717) is 16.9 Å².